The van der Waals surface area contributed by atoms with E-state index in [1.54, 1.807) is 25.1 Å². The number of benzene rings is 1. The third-order valence-corrected chi connectivity index (χ3v) is 7.02. The molecule has 2 aliphatic rings. The molecule has 0 aliphatic carbocycles. The summed E-state index contributed by atoms with van der Waals surface area (Å²) in [7, 11) is -3.67. The Balaban J connectivity index is 1.67. The lowest BCUT2D eigenvalue weighted by molar-refractivity contribution is 0.0730. The predicted molar refractivity (Wildman–Crippen MR) is 107 cm³/mol. The molecule has 0 bridgehead atoms. The van der Waals surface area contributed by atoms with E-state index in [0.717, 1.165) is 31.6 Å². The van der Waals surface area contributed by atoms with E-state index in [-0.39, 0.29) is 10.7 Å². The van der Waals surface area contributed by atoms with Crippen molar-refractivity contribution < 1.29 is 22.5 Å². The van der Waals surface area contributed by atoms with Crippen molar-refractivity contribution in [3.63, 3.8) is 0 Å². The minimum Gasteiger partial charge on any atom is -0.379 e. The number of ether oxygens (including phenoxy) is 1. The van der Waals surface area contributed by atoms with E-state index in [9.17, 15) is 13.2 Å². The highest BCUT2D eigenvalue weighted by molar-refractivity contribution is 7.89. The summed E-state index contributed by atoms with van der Waals surface area (Å²) in [4.78, 5) is 14.9. The van der Waals surface area contributed by atoms with Gasteiger partial charge in [-0.1, -0.05) is 5.16 Å². The Labute approximate surface area is 169 Å². The Morgan fingerprint density at radius 1 is 1.10 bits per heavy atom. The Hall–Kier alpha value is -2.43. The smallest absolute Gasteiger partial charge is 0.294 e. The molecule has 2 aromatic rings. The first-order chi connectivity index (χ1) is 13.9. The van der Waals surface area contributed by atoms with Crippen molar-refractivity contribution in [2.45, 2.75) is 24.7 Å². The number of aromatic nitrogens is 1. The first kappa shape index (κ1) is 19.9. The molecule has 9 nitrogen and oxygen atoms in total. The summed E-state index contributed by atoms with van der Waals surface area (Å²) < 4.78 is 37.8. The summed E-state index contributed by atoms with van der Waals surface area (Å²) in [6.45, 7) is 4.83. The van der Waals surface area contributed by atoms with E-state index >= 15 is 0 Å². The van der Waals surface area contributed by atoms with Crippen molar-refractivity contribution in [3.05, 3.63) is 35.7 Å². The largest absolute Gasteiger partial charge is 0.379 e. The average Bonchev–Trinajstić information content (AvgIpc) is 3.40. The van der Waals surface area contributed by atoms with E-state index in [0.29, 0.717) is 37.7 Å². The molecule has 4 rings (SSSR count). The third-order valence-electron chi connectivity index (χ3n) is 5.12. The summed E-state index contributed by atoms with van der Waals surface area (Å²) in [5.74, 6) is -0.386. The Bertz CT molecular complexity index is 992. The van der Waals surface area contributed by atoms with Gasteiger partial charge >= 0.3 is 0 Å². The van der Waals surface area contributed by atoms with Crippen LogP contribution in [0.4, 0.5) is 11.4 Å². The molecule has 1 amide bonds. The van der Waals surface area contributed by atoms with Gasteiger partial charge in [0, 0.05) is 32.2 Å². The summed E-state index contributed by atoms with van der Waals surface area (Å²) in [5, 5.41) is 6.55. The maximum Gasteiger partial charge on any atom is 0.294 e. The summed E-state index contributed by atoms with van der Waals surface area (Å²) in [6.07, 6.45) is 2.12. The number of sulfonamides is 1. The van der Waals surface area contributed by atoms with Gasteiger partial charge in [0.2, 0.25) is 15.8 Å². The molecule has 0 spiro atoms. The molecular formula is C19H24N4O5S. The van der Waals surface area contributed by atoms with Gasteiger partial charge in [0.1, 0.15) is 0 Å². The van der Waals surface area contributed by atoms with E-state index < -0.39 is 15.9 Å². The number of carbonyl (C=O) groups is 1. The quantitative estimate of drug-likeness (QED) is 0.787. The summed E-state index contributed by atoms with van der Waals surface area (Å²) in [6, 6.07) is 6.44. The number of rotatable bonds is 5. The second-order valence-corrected chi connectivity index (χ2v) is 9.11. The van der Waals surface area contributed by atoms with E-state index in [1.807, 2.05) is 0 Å². The summed E-state index contributed by atoms with van der Waals surface area (Å²) in [5.41, 5.74) is 1.84. The summed E-state index contributed by atoms with van der Waals surface area (Å²) >= 11 is 0. The van der Waals surface area contributed by atoms with E-state index in [2.05, 4.69) is 15.4 Å². The van der Waals surface area contributed by atoms with Gasteiger partial charge in [-0.05, 0) is 38.0 Å². The van der Waals surface area contributed by atoms with Gasteiger partial charge in [-0.2, -0.15) is 4.31 Å². The van der Waals surface area contributed by atoms with Crippen LogP contribution in [0.15, 0.2) is 33.7 Å². The first-order valence-corrected chi connectivity index (χ1v) is 11.1. The third kappa shape index (κ3) is 4.14. The van der Waals surface area contributed by atoms with Crippen molar-refractivity contribution in [3.8, 4) is 0 Å². The first-order valence-electron chi connectivity index (χ1n) is 9.67. The molecule has 0 saturated carbocycles. The van der Waals surface area contributed by atoms with Crippen molar-refractivity contribution in [1.29, 1.82) is 0 Å². The highest BCUT2D eigenvalue weighted by atomic mass is 32.2. The molecule has 0 atom stereocenters. The number of morpholine rings is 1. The molecule has 1 aromatic heterocycles. The second-order valence-electron chi connectivity index (χ2n) is 7.18. The standard InChI is InChI=1S/C19H24N4O5S/c1-14-12-18(28-21-14)19(24)20-16-13-15(4-5-17(16)22-6-2-3-7-22)29(25,26)23-8-10-27-11-9-23/h4-5,12-13H,2-3,6-11H2,1H3,(H,20,24). The average molecular weight is 420 g/mol. The molecule has 156 valence electrons. The van der Waals surface area contributed by atoms with Crippen LogP contribution >= 0.6 is 0 Å². The van der Waals surface area contributed by atoms with Gasteiger partial charge in [-0.25, -0.2) is 8.42 Å². The molecular weight excluding hydrogens is 396 g/mol. The molecule has 29 heavy (non-hydrogen) atoms. The SMILES string of the molecule is Cc1cc(C(=O)Nc2cc(S(=O)(=O)N3CCOCC3)ccc2N2CCCC2)on1. The van der Waals surface area contributed by atoms with Crippen molar-refractivity contribution in [2.75, 3.05) is 49.6 Å². The van der Waals surface area contributed by atoms with Crippen molar-refractivity contribution in [1.82, 2.24) is 9.46 Å². The zero-order chi connectivity index (χ0) is 20.4. The normalized spacial score (nSPS) is 18.2. The lowest BCUT2D eigenvalue weighted by Crippen LogP contribution is -2.40. The number of nitrogens with one attached hydrogen (secondary N) is 1. The number of nitrogens with zero attached hydrogens (tertiary/aromatic N) is 3. The molecule has 2 fully saturated rings. The molecule has 2 aliphatic heterocycles. The zero-order valence-corrected chi connectivity index (χ0v) is 17.1. The molecule has 10 heteroatoms. The van der Waals surface area contributed by atoms with E-state index in [1.165, 1.54) is 10.4 Å². The van der Waals surface area contributed by atoms with Gasteiger partial charge in [-0.3, -0.25) is 4.79 Å². The van der Waals surface area contributed by atoms with Crippen LogP contribution in [-0.4, -0.2) is 63.2 Å². The number of aryl methyl sites for hydroxylation is 1. The van der Waals surface area contributed by atoms with Crippen LogP contribution in [0.1, 0.15) is 29.1 Å². The van der Waals surface area contributed by atoms with Crippen LogP contribution in [-0.2, 0) is 14.8 Å². The van der Waals surface area contributed by atoms with Gasteiger partial charge in [0.25, 0.3) is 5.91 Å². The van der Waals surface area contributed by atoms with Crippen LogP contribution in [0.2, 0.25) is 0 Å². The predicted octanol–water partition coefficient (Wildman–Crippen LogP) is 1.86. The van der Waals surface area contributed by atoms with Crippen molar-refractivity contribution >= 4 is 27.3 Å². The lowest BCUT2D eigenvalue weighted by Gasteiger charge is -2.27. The topological polar surface area (TPSA) is 105 Å². The molecule has 0 radical (unpaired) electrons. The Morgan fingerprint density at radius 2 is 1.83 bits per heavy atom. The Kier molecular flexibility index (Phi) is 5.57. The molecule has 2 saturated heterocycles. The fourth-order valence-corrected chi connectivity index (χ4v) is 5.03. The fourth-order valence-electron chi connectivity index (χ4n) is 3.60. The highest BCUT2D eigenvalue weighted by Gasteiger charge is 2.28. The lowest BCUT2D eigenvalue weighted by atomic mass is 10.2. The van der Waals surface area contributed by atoms with Gasteiger partial charge in [0.15, 0.2) is 0 Å². The second kappa shape index (κ2) is 8.13. The van der Waals surface area contributed by atoms with E-state index in [4.69, 9.17) is 9.26 Å². The van der Waals surface area contributed by atoms with Crippen LogP contribution in [0.5, 0.6) is 0 Å². The minimum atomic E-state index is -3.67. The monoisotopic (exact) mass is 420 g/mol. The van der Waals surface area contributed by atoms with Crippen LogP contribution in [0.3, 0.4) is 0 Å². The molecule has 1 aromatic carbocycles. The Morgan fingerprint density at radius 3 is 2.48 bits per heavy atom. The van der Waals surface area contributed by atoms with Crippen LogP contribution in [0.25, 0.3) is 0 Å². The number of amides is 1. The number of hydrogen-bond donors (Lipinski definition) is 1. The molecule has 1 N–H and O–H groups in total. The number of anilines is 2. The molecule has 3 heterocycles. The fraction of sp³-hybridized carbons (Fsp3) is 0.474. The van der Waals surface area contributed by atoms with Gasteiger partial charge in [0.05, 0.1) is 35.2 Å². The van der Waals surface area contributed by atoms with Crippen LogP contribution in [0, 0.1) is 6.92 Å². The number of hydrogen-bond acceptors (Lipinski definition) is 7. The van der Waals surface area contributed by atoms with Crippen molar-refractivity contribution in [2.24, 2.45) is 0 Å². The maximum absolute atomic E-state index is 13.0. The highest BCUT2D eigenvalue weighted by Crippen LogP contribution is 2.33. The minimum absolute atomic E-state index is 0.0799. The van der Waals surface area contributed by atoms with Gasteiger partial charge < -0.3 is 19.5 Å². The molecule has 0 unspecified atom stereocenters. The number of carbonyl (C=O) groups excluding carboxylic acids is 1. The van der Waals surface area contributed by atoms with Gasteiger partial charge in [-0.15, -0.1) is 0 Å². The maximum atomic E-state index is 13.0. The zero-order valence-electron chi connectivity index (χ0n) is 16.3. The van der Waals surface area contributed by atoms with Crippen LogP contribution < -0.4 is 10.2 Å².